The van der Waals surface area contributed by atoms with Crippen LogP contribution in [-0.2, 0) is 5.41 Å². The summed E-state index contributed by atoms with van der Waals surface area (Å²) >= 11 is 1.87. The molecule has 0 unspecified atom stereocenters. The third-order valence-corrected chi connectivity index (χ3v) is 14.1. The number of hydrogen-bond donors (Lipinski definition) is 0. The van der Waals surface area contributed by atoms with Gasteiger partial charge < -0.3 is 13.7 Å². The molecule has 0 aliphatic rings. The largest absolute Gasteiger partial charge is 0.456 e. The Hall–Kier alpha value is -7.40. The summed E-state index contributed by atoms with van der Waals surface area (Å²) < 4.78 is 15.7. The molecule has 0 aliphatic heterocycles. The van der Waals surface area contributed by atoms with Gasteiger partial charge in [0.2, 0.25) is 0 Å². The van der Waals surface area contributed by atoms with Gasteiger partial charge in [0.25, 0.3) is 0 Å². The molecule has 3 heterocycles. The summed E-state index contributed by atoms with van der Waals surface area (Å²) in [6, 6.07) is 66.5. The molecule has 13 aromatic rings. The number of thiophene rings is 1. The number of furan rings is 2. The highest BCUT2D eigenvalue weighted by Gasteiger charge is 2.21. The Balaban J connectivity index is 1.04. The summed E-state index contributed by atoms with van der Waals surface area (Å²) in [7, 11) is 0. The van der Waals surface area contributed by atoms with Crippen molar-refractivity contribution in [1.29, 1.82) is 0 Å². The monoisotopic (exact) mass is 813 g/mol. The zero-order valence-electron chi connectivity index (χ0n) is 34.5. The number of para-hydroxylation sites is 2. The average molecular weight is 814 g/mol. The molecule has 0 atom stereocenters. The second kappa shape index (κ2) is 13.1. The van der Waals surface area contributed by atoms with Crippen LogP contribution in [0.2, 0.25) is 0 Å². The Morgan fingerprint density at radius 2 is 0.919 bits per heavy atom. The quantitative estimate of drug-likeness (QED) is 0.166. The molecule has 0 N–H and O–H groups in total. The van der Waals surface area contributed by atoms with Crippen molar-refractivity contribution in [3.8, 4) is 11.1 Å². The van der Waals surface area contributed by atoms with Gasteiger partial charge in [-0.25, -0.2) is 0 Å². The zero-order chi connectivity index (χ0) is 41.3. The molecule has 3 aromatic heterocycles. The normalized spacial score (nSPS) is 12.4. The van der Waals surface area contributed by atoms with Gasteiger partial charge in [0.15, 0.2) is 0 Å². The maximum absolute atomic E-state index is 6.74. The Bertz CT molecular complexity index is 3970. The number of rotatable bonds is 4. The molecule has 3 nitrogen and oxygen atoms in total. The molecule has 0 saturated heterocycles. The lowest BCUT2D eigenvalue weighted by Crippen LogP contribution is -2.10. The van der Waals surface area contributed by atoms with Gasteiger partial charge in [-0.1, -0.05) is 130 Å². The smallest absolute Gasteiger partial charge is 0.143 e. The first-order chi connectivity index (χ1) is 30.3. The summed E-state index contributed by atoms with van der Waals surface area (Å²) in [6.07, 6.45) is 0. The molecule has 0 bridgehead atoms. The van der Waals surface area contributed by atoms with Crippen molar-refractivity contribution in [2.75, 3.05) is 4.90 Å². The minimum atomic E-state index is 0.0831. The fourth-order valence-electron chi connectivity index (χ4n) is 9.90. The molecule has 4 heteroatoms. The maximum Gasteiger partial charge on any atom is 0.143 e. The fourth-order valence-corrected chi connectivity index (χ4v) is 11.0. The van der Waals surface area contributed by atoms with Crippen LogP contribution in [0.4, 0.5) is 17.1 Å². The van der Waals surface area contributed by atoms with Crippen LogP contribution in [0.15, 0.2) is 191 Å². The first kappa shape index (κ1) is 35.4. The van der Waals surface area contributed by atoms with Gasteiger partial charge in [-0.05, 0) is 122 Å². The van der Waals surface area contributed by atoms with Crippen LogP contribution in [0, 0.1) is 0 Å². The Labute approximate surface area is 361 Å². The second-order valence-electron chi connectivity index (χ2n) is 17.7. The fraction of sp³-hybridized carbons (Fsp3) is 0.0690. The molecule has 0 spiro atoms. The summed E-state index contributed by atoms with van der Waals surface area (Å²) in [5.74, 6) is 0. The van der Waals surface area contributed by atoms with Crippen LogP contribution in [0.3, 0.4) is 0 Å². The molecule has 0 saturated carbocycles. The van der Waals surface area contributed by atoms with E-state index in [-0.39, 0.29) is 5.41 Å². The van der Waals surface area contributed by atoms with Crippen LogP contribution >= 0.6 is 11.3 Å². The number of fused-ring (bicyclic) bond motifs is 15. The number of anilines is 3. The van der Waals surface area contributed by atoms with Crippen LogP contribution < -0.4 is 4.90 Å². The molecule has 62 heavy (non-hydrogen) atoms. The number of benzene rings is 10. The molecule has 0 fully saturated rings. The highest BCUT2D eigenvalue weighted by Crippen LogP contribution is 2.46. The van der Waals surface area contributed by atoms with E-state index in [4.69, 9.17) is 8.83 Å². The molecule has 13 rings (SSSR count). The van der Waals surface area contributed by atoms with Crippen LogP contribution in [0.25, 0.3) is 107 Å². The number of hydrogen-bond acceptors (Lipinski definition) is 4. The lowest BCUT2D eigenvalue weighted by molar-refractivity contribution is 0.590. The molecule has 0 amide bonds. The predicted molar refractivity (Wildman–Crippen MR) is 265 cm³/mol. The lowest BCUT2D eigenvalue weighted by Gasteiger charge is -2.26. The van der Waals surface area contributed by atoms with Crippen molar-refractivity contribution in [1.82, 2.24) is 0 Å². The average Bonchev–Trinajstić information content (AvgIpc) is 3.99. The third-order valence-electron chi connectivity index (χ3n) is 13.0. The van der Waals surface area contributed by atoms with Crippen molar-refractivity contribution < 1.29 is 8.83 Å². The van der Waals surface area contributed by atoms with Crippen LogP contribution in [0.5, 0.6) is 0 Å². The van der Waals surface area contributed by atoms with Crippen molar-refractivity contribution in [2.45, 2.75) is 26.2 Å². The van der Waals surface area contributed by atoms with Crippen molar-refractivity contribution in [3.63, 3.8) is 0 Å². The van der Waals surface area contributed by atoms with Gasteiger partial charge in [0.1, 0.15) is 22.3 Å². The Kier molecular flexibility index (Phi) is 7.44. The second-order valence-corrected chi connectivity index (χ2v) is 18.8. The summed E-state index contributed by atoms with van der Waals surface area (Å²) in [4.78, 5) is 2.39. The zero-order valence-corrected chi connectivity index (χ0v) is 35.3. The van der Waals surface area contributed by atoms with Crippen molar-refractivity contribution in [3.05, 3.63) is 188 Å². The van der Waals surface area contributed by atoms with E-state index >= 15 is 0 Å². The Morgan fingerprint density at radius 3 is 1.66 bits per heavy atom. The van der Waals surface area contributed by atoms with Crippen LogP contribution in [0.1, 0.15) is 26.3 Å². The maximum atomic E-state index is 6.74. The van der Waals surface area contributed by atoms with E-state index in [9.17, 15) is 0 Å². The highest BCUT2D eigenvalue weighted by atomic mass is 32.1. The van der Waals surface area contributed by atoms with E-state index in [0.29, 0.717) is 0 Å². The molecule has 294 valence electrons. The first-order valence-electron chi connectivity index (χ1n) is 21.3. The van der Waals surface area contributed by atoms with E-state index < -0.39 is 0 Å². The van der Waals surface area contributed by atoms with Gasteiger partial charge >= 0.3 is 0 Å². The topological polar surface area (TPSA) is 29.5 Å². The van der Waals surface area contributed by atoms with Crippen molar-refractivity contribution >= 4 is 125 Å². The summed E-state index contributed by atoms with van der Waals surface area (Å²) in [5, 5.41) is 14.5. The van der Waals surface area contributed by atoms with Gasteiger partial charge in [-0.2, -0.15) is 0 Å². The molecule has 10 aromatic carbocycles. The van der Waals surface area contributed by atoms with E-state index in [2.05, 4.69) is 196 Å². The van der Waals surface area contributed by atoms with Gasteiger partial charge in [-0.15, -0.1) is 11.3 Å². The minimum absolute atomic E-state index is 0.0831. The van der Waals surface area contributed by atoms with Gasteiger partial charge in [0, 0.05) is 64.3 Å². The van der Waals surface area contributed by atoms with E-state index in [1.165, 1.54) is 58.1 Å². The SMILES string of the molecule is CC(C)(C)c1ccc(-c2cccc3c2oc2ccc(N(c4ccc5oc6ccccc6c5c4)c4ccc5c(c4)c4ccccc4c4cc6c(cc54)sc4ccccc46)cc23)cc1. The van der Waals surface area contributed by atoms with Gasteiger partial charge in [-0.3, -0.25) is 0 Å². The molecule has 0 aliphatic carbocycles. The van der Waals surface area contributed by atoms with Gasteiger partial charge in [0.05, 0.1) is 0 Å². The standard InChI is InChI=1S/C58H39NO2S/c1-58(2,3)35-21-19-34(20-22-35)39-15-10-16-45-50-31-38(25-28-54(50)61-57(39)45)59(37-24-27-53-49(30-37)43-13-6-8-17-52(43)60-53)36-23-26-42-46(29-36)40-11-4-5-12-41(40)47-32-51-44-14-7-9-18-55(44)62-56(51)33-48(42)47/h4-33H,1-3H3. The minimum Gasteiger partial charge on any atom is -0.456 e. The van der Waals surface area contributed by atoms with Crippen LogP contribution in [-0.4, -0.2) is 0 Å². The third kappa shape index (κ3) is 5.30. The first-order valence-corrected chi connectivity index (χ1v) is 22.1. The lowest BCUT2D eigenvalue weighted by atomic mass is 9.86. The number of nitrogens with zero attached hydrogens (tertiary/aromatic N) is 1. The van der Waals surface area contributed by atoms with E-state index in [1.54, 1.807) is 0 Å². The Morgan fingerprint density at radius 1 is 0.371 bits per heavy atom. The molecular formula is C58H39NO2S. The summed E-state index contributed by atoms with van der Waals surface area (Å²) in [5.41, 5.74) is 10.3. The summed E-state index contributed by atoms with van der Waals surface area (Å²) in [6.45, 7) is 6.76. The predicted octanol–water partition coefficient (Wildman–Crippen LogP) is 17.7. The van der Waals surface area contributed by atoms with E-state index in [1.807, 2.05) is 23.5 Å². The molecule has 0 radical (unpaired) electrons. The highest BCUT2D eigenvalue weighted by molar-refractivity contribution is 7.25. The molecular weight excluding hydrogens is 775 g/mol. The van der Waals surface area contributed by atoms with E-state index in [0.717, 1.165) is 72.1 Å². The van der Waals surface area contributed by atoms with Crippen molar-refractivity contribution in [2.24, 2.45) is 0 Å².